The average molecular weight is 355 g/mol. The van der Waals surface area contributed by atoms with E-state index in [1.165, 1.54) is 5.56 Å². The number of aryl methyl sites for hydroxylation is 1. The third-order valence-corrected chi connectivity index (χ3v) is 4.42. The molecule has 138 valence electrons. The summed E-state index contributed by atoms with van der Waals surface area (Å²) in [5.74, 6) is -0.591. The number of benzene rings is 2. The molecule has 0 fully saturated rings. The minimum absolute atomic E-state index is 0.198. The van der Waals surface area contributed by atoms with Crippen molar-refractivity contribution in [3.63, 3.8) is 0 Å². The van der Waals surface area contributed by atoms with E-state index in [1.807, 2.05) is 24.3 Å². The van der Waals surface area contributed by atoms with Gasteiger partial charge in [0.25, 0.3) is 0 Å². The van der Waals surface area contributed by atoms with Gasteiger partial charge in [-0.15, -0.1) is 0 Å². The van der Waals surface area contributed by atoms with E-state index < -0.39 is 11.5 Å². The monoisotopic (exact) mass is 355 g/mol. The maximum Gasteiger partial charge on any atom is 0.306 e. The van der Waals surface area contributed by atoms with E-state index in [0.717, 1.165) is 12.0 Å². The van der Waals surface area contributed by atoms with Gasteiger partial charge >= 0.3 is 5.97 Å². The van der Waals surface area contributed by atoms with Gasteiger partial charge in [-0.2, -0.15) is 0 Å². The lowest BCUT2D eigenvalue weighted by Crippen LogP contribution is -2.45. The third kappa shape index (κ3) is 5.09. The Balaban J connectivity index is 2.19. The largest absolute Gasteiger partial charge is 0.497 e. The minimum atomic E-state index is -1.03. The number of carboxylic acid groups (broad SMARTS) is 1. The summed E-state index contributed by atoms with van der Waals surface area (Å²) < 4.78 is 5.22. The fraction of sp³-hybridized carbons (Fsp3) is 0.333. The van der Waals surface area contributed by atoms with E-state index in [2.05, 4.69) is 12.2 Å². The van der Waals surface area contributed by atoms with E-state index in [1.54, 1.807) is 38.3 Å². The number of rotatable bonds is 8. The van der Waals surface area contributed by atoms with Gasteiger partial charge in [-0.25, -0.2) is 0 Å². The highest BCUT2D eigenvalue weighted by Gasteiger charge is 2.31. The number of ether oxygens (including phenoxy) is 1. The first-order valence-electron chi connectivity index (χ1n) is 8.61. The second-order valence-electron chi connectivity index (χ2n) is 6.53. The van der Waals surface area contributed by atoms with Gasteiger partial charge in [0.1, 0.15) is 5.75 Å². The molecule has 1 unspecified atom stereocenters. The van der Waals surface area contributed by atoms with E-state index >= 15 is 0 Å². The molecule has 1 atom stereocenters. The van der Waals surface area contributed by atoms with Crippen LogP contribution in [0.3, 0.4) is 0 Å². The predicted octanol–water partition coefficient (Wildman–Crippen LogP) is 3.31. The molecule has 5 heteroatoms. The van der Waals surface area contributed by atoms with Crippen LogP contribution >= 0.6 is 0 Å². The highest BCUT2D eigenvalue weighted by atomic mass is 16.5. The van der Waals surface area contributed by atoms with Gasteiger partial charge in [0.2, 0.25) is 5.91 Å². The molecule has 0 aliphatic rings. The second kappa shape index (κ2) is 8.52. The number of amides is 1. The van der Waals surface area contributed by atoms with Crippen LogP contribution < -0.4 is 10.1 Å². The maximum absolute atomic E-state index is 12.6. The third-order valence-electron chi connectivity index (χ3n) is 4.42. The van der Waals surface area contributed by atoms with Gasteiger partial charge in [-0.3, -0.25) is 9.59 Å². The number of carbonyl (C=O) groups is 2. The predicted molar refractivity (Wildman–Crippen MR) is 100 cm³/mol. The first-order valence-corrected chi connectivity index (χ1v) is 8.61. The van der Waals surface area contributed by atoms with Gasteiger partial charge in [-0.1, -0.05) is 43.3 Å². The number of hydrogen-bond donors (Lipinski definition) is 2. The van der Waals surface area contributed by atoms with Crippen LogP contribution in [0.4, 0.5) is 0 Å². The smallest absolute Gasteiger partial charge is 0.306 e. The molecule has 2 aromatic carbocycles. The Labute approximate surface area is 154 Å². The number of methoxy groups -OCH3 is 1. The molecule has 5 nitrogen and oxygen atoms in total. The Morgan fingerprint density at radius 1 is 1.12 bits per heavy atom. The summed E-state index contributed by atoms with van der Waals surface area (Å²) in [6.07, 6.45) is 0.919. The Morgan fingerprint density at radius 3 is 2.35 bits per heavy atom. The Kier molecular flexibility index (Phi) is 6.39. The van der Waals surface area contributed by atoms with Crippen molar-refractivity contribution in [3.05, 3.63) is 65.2 Å². The maximum atomic E-state index is 12.6. The molecule has 0 bridgehead atoms. The standard InChI is InChI=1S/C21H25NO4/c1-4-15-8-10-16(11-9-15)12-19(23)22-21(2,14-20(24)25)17-6-5-7-18(13-17)26-3/h5-11,13H,4,12,14H2,1-3H3,(H,22,23)(H,24,25). The van der Waals surface area contributed by atoms with E-state index in [-0.39, 0.29) is 18.7 Å². The van der Waals surface area contributed by atoms with Crippen molar-refractivity contribution in [1.29, 1.82) is 0 Å². The SMILES string of the molecule is CCc1ccc(CC(=O)NC(C)(CC(=O)O)c2cccc(OC)c2)cc1. The van der Waals surface area contributed by atoms with Crippen molar-refractivity contribution in [3.8, 4) is 5.75 Å². The van der Waals surface area contributed by atoms with Crippen molar-refractivity contribution < 1.29 is 19.4 Å². The molecule has 2 N–H and O–H groups in total. The highest BCUT2D eigenvalue weighted by molar-refractivity contribution is 5.80. The fourth-order valence-electron chi connectivity index (χ4n) is 2.92. The van der Waals surface area contributed by atoms with Crippen LogP contribution in [0.1, 0.15) is 37.0 Å². The van der Waals surface area contributed by atoms with Crippen molar-refractivity contribution in [2.45, 2.75) is 38.6 Å². The normalized spacial score (nSPS) is 12.9. The molecule has 0 aromatic heterocycles. The number of hydrogen-bond acceptors (Lipinski definition) is 3. The van der Waals surface area contributed by atoms with E-state index in [9.17, 15) is 14.7 Å². The van der Waals surface area contributed by atoms with Crippen LogP contribution in [0.25, 0.3) is 0 Å². The van der Waals surface area contributed by atoms with Gasteiger partial charge < -0.3 is 15.2 Å². The molecule has 1 amide bonds. The van der Waals surface area contributed by atoms with Gasteiger partial charge in [0.15, 0.2) is 0 Å². The lowest BCUT2D eigenvalue weighted by molar-refractivity contribution is -0.139. The molecule has 0 aliphatic carbocycles. The fourth-order valence-corrected chi connectivity index (χ4v) is 2.92. The van der Waals surface area contributed by atoms with E-state index in [0.29, 0.717) is 11.3 Å². The van der Waals surface area contributed by atoms with Crippen LogP contribution in [-0.4, -0.2) is 24.1 Å². The number of aliphatic carboxylic acids is 1. The molecule has 2 rings (SSSR count). The molecule has 26 heavy (non-hydrogen) atoms. The molecule has 0 saturated carbocycles. The van der Waals surface area contributed by atoms with Crippen LogP contribution in [-0.2, 0) is 28.0 Å². The molecule has 0 spiro atoms. The van der Waals surface area contributed by atoms with Crippen LogP contribution in [0.5, 0.6) is 5.75 Å². The summed E-state index contributed by atoms with van der Waals surface area (Å²) in [6.45, 7) is 3.79. The Hall–Kier alpha value is -2.82. The van der Waals surface area contributed by atoms with Crippen molar-refractivity contribution in [1.82, 2.24) is 5.32 Å². The zero-order valence-electron chi connectivity index (χ0n) is 15.4. The minimum Gasteiger partial charge on any atom is -0.497 e. The highest BCUT2D eigenvalue weighted by Crippen LogP contribution is 2.28. The summed E-state index contributed by atoms with van der Waals surface area (Å²) in [4.78, 5) is 23.9. The molecule has 0 radical (unpaired) electrons. The van der Waals surface area contributed by atoms with Crippen LogP contribution in [0.15, 0.2) is 48.5 Å². The number of nitrogens with one attached hydrogen (secondary N) is 1. The van der Waals surface area contributed by atoms with Gasteiger partial charge in [0.05, 0.1) is 25.5 Å². The van der Waals surface area contributed by atoms with Gasteiger partial charge in [-0.05, 0) is 42.2 Å². The van der Waals surface area contributed by atoms with Crippen molar-refractivity contribution >= 4 is 11.9 Å². The average Bonchev–Trinajstić information content (AvgIpc) is 2.61. The molecular weight excluding hydrogens is 330 g/mol. The number of carbonyl (C=O) groups excluding carboxylic acids is 1. The summed E-state index contributed by atoms with van der Waals surface area (Å²) in [7, 11) is 1.55. The van der Waals surface area contributed by atoms with Crippen molar-refractivity contribution in [2.24, 2.45) is 0 Å². The molecule has 2 aromatic rings. The molecular formula is C21H25NO4. The first-order chi connectivity index (χ1) is 12.4. The van der Waals surface area contributed by atoms with Crippen LogP contribution in [0, 0.1) is 0 Å². The van der Waals surface area contributed by atoms with Crippen molar-refractivity contribution in [2.75, 3.05) is 7.11 Å². The summed E-state index contributed by atoms with van der Waals surface area (Å²) in [5, 5.41) is 12.2. The summed E-state index contributed by atoms with van der Waals surface area (Å²) in [5.41, 5.74) is 1.76. The number of carboxylic acids is 1. The molecule has 0 aliphatic heterocycles. The first kappa shape index (κ1) is 19.5. The van der Waals surface area contributed by atoms with E-state index in [4.69, 9.17) is 4.74 Å². The molecule has 0 heterocycles. The second-order valence-corrected chi connectivity index (χ2v) is 6.53. The Bertz CT molecular complexity index is 770. The lowest BCUT2D eigenvalue weighted by atomic mass is 9.88. The summed E-state index contributed by atoms with van der Waals surface area (Å²) in [6, 6.07) is 15.0. The van der Waals surface area contributed by atoms with Gasteiger partial charge in [0, 0.05) is 0 Å². The lowest BCUT2D eigenvalue weighted by Gasteiger charge is -2.30. The quantitative estimate of drug-likeness (QED) is 0.762. The zero-order chi connectivity index (χ0) is 19.2. The van der Waals surface area contributed by atoms with Crippen LogP contribution in [0.2, 0.25) is 0 Å². The zero-order valence-corrected chi connectivity index (χ0v) is 15.4. The molecule has 0 saturated heterocycles. The topological polar surface area (TPSA) is 75.6 Å². The Morgan fingerprint density at radius 2 is 1.77 bits per heavy atom. The summed E-state index contributed by atoms with van der Waals surface area (Å²) >= 11 is 0.